The molecule has 2 aliphatic rings. The molecule has 0 spiro atoms. The number of nitrogens with zero attached hydrogens (tertiary/aromatic N) is 1. The lowest BCUT2D eigenvalue weighted by Crippen LogP contribution is -2.50. The van der Waals surface area contributed by atoms with E-state index in [0.717, 1.165) is 16.0 Å². The summed E-state index contributed by atoms with van der Waals surface area (Å²) in [5.41, 5.74) is 1.32. The summed E-state index contributed by atoms with van der Waals surface area (Å²) in [4.78, 5) is 13.6. The maximum atomic E-state index is 14.0. The number of sulfonamides is 1. The van der Waals surface area contributed by atoms with Gasteiger partial charge in [0, 0.05) is 22.9 Å². The fraction of sp³-hybridized carbons (Fsp3) is 0.261. The van der Waals surface area contributed by atoms with Gasteiger partial charge in [0.2, 0.25) is 0 Å². The summed E-state index contributed by atoms with van der Waals surface area (Å²) in [6.07, 6.45) is 3.72. The third-order valence-electron chi connectivity index (χ3n) is 5.86. The molecule has 0 saturated carbocycles. The van der Waals surface area contributed by atoms with Gasteiger partial charge in [-0.2, -0.15) is 0 Å². The third kappa shape index (κ3) is 3.04. The van der Waals surface area contributed by atoms with Crippen LogP contribution in [0.15, 0.2) is 81.2 Å². The number of hydrogen-bond acceptors (Lipinski definition) is 4. The van der Waals surface area contributed by atoms with Crippen molar-refractivity contribution in [3.05, 3.63) is 87.4 Å². The first-order valence-electron chi connectivity index (χ1n) is 9.57. The second kappa shape index (κ2) is 7.59. The Morgan fingerprint density at radius 2 is 1.70 bits per heavy atom. The molecule has 4 nitrogen and oxygen atoms in total. The van der Waals surface area contributed by atoms with Crippen molar-refractivity contribution in [2.45, 2.75) is 30.7 Å². The standard InChI is InChI=1S/C23H22ClNO3S2/c1-15-9-11-18(12-10-15)30(27,28)25-16(2)22(29-3)19-13-21(26)20(24)14-23(19,25)17-7-5-4-6-8-17/h4-12,14,19H,13H2,1-3H3/t19-,23+/m0/s1. The van der Waals surface area contributed by atoms with Crippen molar-refractivity contribution in [1.82, 2.24) is 4.31 Å². The molecule has 1 aliphatic heterocycles. The monoisotopic (exact) mass is 459 g/mol. The predicted molar refractivity (Wildman–Crippen MR) is 122 cm³/mol. The van der Waals surface area contributed by atoms with Gasteiger partial charge in [-0.05, 0) is 43.9 Å². The van der Waals surface area contributed by atoms with Gasteiger partial charge in [-0.1, -0.05) is 59.6 Å². The van der Waals surface area contributed by atoms with Crippen molar-refractivity contribution in [3.63, 3.8) is 0 Å². The molecular formula is C23H22ClNO3S2. The number of fused-ring (bicyclic) bond motifs is 1. The van der Waals surface area contributed by atoms with Gasteiger partial charge >= 0.3 is 0 Å². The lowest BCUT2D eigenvalue weighted by molar-refractivity contribution is -0.116. The number of allylic oxidation sites excluding steroid dienone is 2. The van der Waals surface area contributed by atoms with Crippen LogP contribution in [0, 0.1) is 12.8 Å². The molecule has 0 bridgehead atoms. The molecule has 7 heteroatoms. The number of hydrogen-bond donors (Lipinski definition) is 0. The summed E-state index contributed by atoms with van der Waals surface area (Å²) in [6.45, 7) is 3.73. The Morgan fingerprint density at radius 3 is 2.30 bits per heavy atom. The second-order valence-electron chi connectivity index (χ2n) is 7.60. The van der Waals surface area contributed by atoms with Crippen molar-refractivity contribution in [1.29, 1.82) is 0 Å². The quantitative estimate of drug-likeness (QED) is 0.630. The molecule has 0 saturated heterocycles. The zero-order valence-electron chi connectivity index (χ0n) is 16.9. The van der Waals surface area contributed by atoms with Crippen molar-refractivity contribution in [3.8, 4) is 0 Å². The lowest BCUT2D eigenvalue weighted by atomic mass is 9.74. The van der Waals surface area contributed by atoms with E-state index >= 15 is 0 Å². The summed E-state index contributed by atoms with van der Waals surface area (Å²) in [5, 5.41) is 0.0781. The Bertz CT molecular complexity index is 1170. The minimum absolute atomic E-state index is 0.0781. The molecule has 0 aromatic heterocycles. The molecule has 1 heterocycles. The van der Waals surface area contributed by atoms with Crippen LogP contribution in [0.3, 0.4) is 0 Å². The maximum Gasteiger partial charge on any atom is 0.265 e. The Balaban J connectivity index is 2.05. The first kappa shape index (κ1) is 21.2. The van der Waals surface area contributed by atoms with Crippen LogP contribution >= 0.6 is 23.4 Å². The van der Waals surface area contributed by atoms with E-state index < -0.39 is 15.6 Å². The van der Waals surface area contributed by atoms with Crippen LogP contribution in [-0.2, 0) is 20.4 Å². The Morgan fingerprint density at radius 1 is 1.07 bits per heavy atom. The van der Waals surface area contributed by atoms with Crippen molar-refractivity contribution in [2.24, 2.45) is 5.92 Å². The molecular weight excluding hydrogens is 438 g/mol. The Labute approximate surface area is 186 Å². The fourth-order valence-electron chi connectivity index (χ4n) is 4.53. The van der Waals surface area contributed by atoms with Gasteiger partial charge in [-0.3, -0.25) is 9.10 Å². The molecule has 1 aliphatic carbocycles. The van der Waals surface area contributed by atoms with Gasteiger partial charge in [0.05, 0.1) is 9.93 Å². The normalized spacial score (nSPS) is 24.1. The number of ketones is 1. The Kier molecular flexibility index (Phi) is 5.37. The summed E-state index contributed by atoms with van der Waals surface area (Å²) < 4.78 is 29.4. The highest BCUT2D eigenvalue weighted by Gasteiger charge is 2.58. The smallest absolute Gasteiger partial charge is 0.265 e. The summed E-state index contributed by atoms with van der Waals surface area (Å²) >= 11 is 7.85. The van der Waals surface area contributed by atoms with E-state index in [0.29, 0.717) is 5.70 Å². The minimum atomic E-state index is -3.92. The molecule has 156 valence electrons. The first-order chi connectivity index (χ1) is 14.2. The van der Waals surface area contributed by atoms with Crippen molar-refractivity contribution in [2.75, 3.05) is 6.26 Å². The van der Waals surface area contributed by atoms with Crippen molar-refractivity contribution < 1.29 is 13.2 Å². The van der Waals surface area contributed by atoms with Crippen LogP contribution in [0.25, 0.3) is 0 Å². The number of halogens is 1. The predicted octanol–water partition coefficient (Wildman–Crippen LogP) is 5.20. The SMILES string of the molecule is CSC1=C(C)N(S(=O)(=O)c2ccc(C)cc2)[C@@]2(c3ccccc3)C=C(Cl)C(=O)C[C@@H]12. The summed E-state index contributed by atoms with van der Waals surface area (Å²) in [5.74, 6) is -0.493. The lowest BCUT2D eigenvalue weighted by Gasteiger charge is -2.44. The summed E-state index contributed by atoms with van der Waals surface area (Å²) in [6, 6.07) is 16.3. The number of Topliss-reactive ketones (excluding diaryl/α,β-unsaturated/α-hetero) is 1. The highest BCUT2D eigenvalue weighted by Crippen LogP contribution is 2.58. The molecule has 0 N–H and O–H groups in total. The van der Waals surface area contributed by atoms with Crippen LogP contribution in [0.2, 0.25) is 0 Å². The average Bonchev–Trinajstić information content (AvgIpc) is 2.97. The molecule has 0 radical (unpaired) electrons. The molecule has 2 atom stereocenters. The number of carbonyl (C=O) groups is 1. The molecule has 0 fully saturated rings. The topological polar surface area (TPSA) is 54.5 Å². The molecule has 4 rings (SSSR count). The zero-order valence-corrected chi connectivity index (χ0v) is 19.3. The van der Waals surface area contributed by atoms with E-state index in [1.807, 2.05) is 50.4 Å². The zero-order chi connectivity index (χ0) is 21.7. The number of carbonyl (C=O) groups excluding carboxylic acids is 1. The van der Waals surface area contributed by atoms with Crippen LogP contribution in [0.5, 0.6) is 0 Å². The molecule has 0 unspecified atom stereocenters. The van der Waals surface area contributed by atoms with Crippen LogP contribution < -0.4 is 0 Å². The second-order valence-corrected chi connectivity index (χ2v) is 10.6. The largest absolute Gasteiger partial charge is 0.293 e. The average molecular weight is 460 g/mol. The molecule has 2 aromatic rings. The van der Waals surface area contributed by atoms with Gasteiger partial charge < -0.3 is 0 Å². The molecule has 0 amide bonds. The van der Waals surface area contributed by atoms with Gasteiger partial charge in [0.25, 0.3) is 10.0 Å². The van der Waals surface area contributed by atoms with Gasteiger partial charge in [0.1, 0.15) is 5.54 Å². The van der Waals surface area contributed by atoms with Gasteiger partial charge in [-0.25, -0.2) is 8.42 Å². The summed E-state index contributed by atoms with van der Waals surface area (Å²) in [7, 11) is -3.92. The molecule has 30 heavy (non-hydrogen) atoms. The van der Waals surface area contributed by atoms with E-state index in [1.54, 1.807) is 30.3 Å². The van der Waals surface area contributed by atoms with Crippen LogP contribution in [0.4, 0.5) is 0 Å². The van der Waals surface area contributed by atoms with E-state index in [-0.39, 0.29) is 28.0 Å². The van der Waals surface area contributed by atoms with Crippen molar-refractivity contribution >= 4 is 39.2 Å². The fourth-order valence-corrected chi connectivity index (χ4v) is 7.60. The van der Waals surface area contributed by atoms with E-state index in [9.17, 15) is 13.2 Å². The number of rotatable bonds is 4. The van der Waals surface area contributed by atoms with Gasteiger partial charge in [-0.15, -0.1) is 11.8 Å². The number of aryl methyl sites for hydroxylation is 1. The highest BCUT2D eigenvalue weighted by atomic mass is 35.5. The number of benzene rings is 2. The number of thioether (sulfide) groups is 1. The third-order valence-corrected chi connectivity index (χ3v) is 9.13. The van der Waals surface area contributed by atoms with Crippen LogP contribution in [-0.4, -0.2) is 24.8 Å². The highest BCUT2D eigenvalue weighted by molar-refractivity contribution is 8.02. The maximum absolute atomic E-state index is 14.0. The molecule has 2 aromatic carbocycles. The van der Waals surface area contributed by atoms with Crippen LogP contribution in [0.1, 0.15) is 24.5 Å². The van der Waals surface area contributed by atoms with E-state index in [2.05, 4.69) is 0 Å². The first-order valence-corrected chi connectivity index (χ1v) is 12.6. The Hall–Kier alpha value is -2.02. The van der Waals surface area contributed by atoms with E-state index in [4.69, 9.17) is 11.6 Å². The minimum Gasteiger partial charge on any atom is -0.293 e. The van der Waals surface area contributed by atoms with E-state index in [1.165, 1.54) is 16.1 Å². The van der Waals surface area contributed by atoms with Gasteiger partial charge in [0.15, 0.2) is 5.78 Å².